The molecule has 0 saturated heterocycles. The summed E-state index contributed by atoms with van der Waals surface area (Å²) < 4.78 is 41.6. The van der Waals surface area contributed by atoms with Gasteiger partial charge in [-0.05, 0) is 47.1 Å². The Labute approximate surface area is 137 Å². The first kappa shape index (κ1) is 16.6. The van der Waals surface area contributed by atoms with Gasteiger partial charge in [-0.25, -0.2) is 13.2 Å². The lowest BCUT2D eigenvalue weighted by Gasteiger charge is -2.27. The van der Waals surface area contributed by atoms with Gasteiger partial charge in [-0.2, -0.15) is 0 Å². The second-order valence-corrected chi connectivity index (χ2v) is 6.21. The molecule has 1 nitrogen and oxygen atoms in total. The summed E-state index contributed by atoms with van der Waals surface area (Å²) in [5.74, 6) is -2.83. The molecule has 0 aliphatic heterocycles. The van der Waals surface area contributed by atoms with E-state index in [4.69, 9.17) is 23.2 Å². The van der Waals surface area contributed by atoms with Crippen molar-refractivity contribution < 1.29 is 18.3 Å². The van der Waals surface area contributed by atoms with Gasteiger partial charge in [0.25, 0.3) is 0 Å². The van der Waals surface area contributed by atoms with Gasteiger partial charge in [-0.3, -0.25) is 0 Å². The van der Waals surface area contributed by atoms with Crippen LogP contribution in [0.4, 0.5) is 13.2 Å². The Morgan fingerprint density at radius 1 is 1.05 bits per heavy atom. The van der Waals surface area contributed by atoms with Gasteiger partial charge in [0.2, 0.25) is 0 Å². The van der Waals surface area contributed by atoms with Gasteiger partial charge < -0.3 is 5.11 Å². The first-order valence-corrected chi connectivity index (χ1v) is 7.22. The summed E-state index contributed by atoms with van der Waals surface area (Å²) in [6.45, 7) is 1.12. The number of hydrogen-bond acceptors (Lipinski definition) is 1. The van der Waals surface area contributed by atoms with Crippen LogP contribution in [0.3, 0.4) is 0 Å². The summed E-state index contributed by atoms with van der Waals surface area (Å²) in [6.07, 6.45) is 0. The lowest BCUT2D eigenvalue weighted by molar-refractivity contribution is 0.0930. The zero-order valence-electron chi connectivity index (χ0n) is 10.5. The average molecular weight is 400 g/mol. The molecule has 2 rings (SSSR count). The van der Waals surface area contributed by atoms with E-state index in [2.05, 4.69) is 15.9 Å². The van der Waals surface area contributed by atoms with E-state index in [1.54, 1.807) is 0 Å². The molecule has 0 aliphatic carbocycles. The van der Waals surface area contributed by atoms with Crippen molar-refractivity contribution in [3.05, 3.63) is 67.4 Å². The molecule has 0 radical (unpaired) electrons. The lowest BCUT2D eigenvalue weighted by atomic mass is 9.87. The first-order chi connectivity index (χ1) is 9.66. The Bertz CT molecular complexity index is 720. The molecule has 0 heterocycles. The third kappa shape index (κ3) is 2.93. The lowest BCUT2D eigenvalue weighted by Crippen LogP contribution is -2.27. The fraction of sp³-hybridized carbons (Fsp3) is 0.143. The molecule has 112 valence electrons. The smallest absolute Gasteiger partial charge is 0.146 e. The second kappa shape index (κ2) is 5.80. The highest BCUT2D eigenvalue weighted by molar-refractivity contribution is 9.10. The Kier molecular flexibility index (Phi) is 4.59. The van der Waals surface area contributed by atoms with E-state index in [-0.39, 0.29) is 20.1 Å². The zero-order valence-corrected chi connectivity index (χ0v) is 13.6. The molecule has 7 heteroatoms. The predicted molar refractivity (Wildman–Crippen MR) is 79.2 cm³/mol. The summed E-state index contributed by atoms with van der Waals surface area (Å²) in [6, 6.07) is 4.06. The van der Waals surface area contributed by atoms with Crippen LogP contribution >= 0.6 is 39.1 Å². The molecule has 0 spiro atoms. The molecule has 0 saturated carbocycles. The van der Waals surface area contributed by atoms with E-state index in [1.165, 1.54) is 0 Å². The molecule has 0 fully saturated rings. The van der Waals surface area contributed by atoms with Crippen LogP contribution in [0, 0.1) is 17.5 Å². The average Bonchev–Trinajstić information content (AvgIpc) is 2.38. The van der Waals surface area contributed by atoms with Gasteiger partial charge in [0.1, 0.15) is 23.1 Å². The van der Waals surface area contributed by atoms with E-state index >= 15 is 0 Å². The fourth-order valence-electron chi connectivity index (χ4n) is 2.00. The summed E-state index contributed by atoms with van der Waals surface area (Å²) >= 11 is 14.4. The molecule has 0 aromatic heterocycles. The molecule has 0 amide bonds. The van der Waals surface area contributed by atoms with Crippen LogP contribution in [0.15, 0.2) is 28.7 Å². The maximum absolute atomic E-state index is 14.1. The van der Waals surface area contributed by atoms with E-state index in [9.17, 15) is 18.3 Å². The summed E-state index contributed by atoms with van der Waals surface area (Å²) in [5.41, 5.74) is -3.01. The van der Waals surface area contributed by atoms with Crippen molar-refractivity contribution in [2.45, 2.75) is 12.5 Å². The van der Waals surface area contributed by atoms with Crippen LogP contribution in [0.25, 0.3) is 0 Å². The number of rotatable bonds is 2. The Morgan fingerprint density at radius 2 is 1.67 bits per heavy atom. The number of halogens is 6. The van der Waals surface area contributed by atoms with Gasteiger partial charge in [0.05, 0.1) is 15.1 Å². The van der Waals surface area contributed by atoms with Crippen molar-refractivity contribution in [1.82, 2.24) is 0 Å². The van der Waals surface area contributed by atoms with E-state index in [0.717, 1.165) is 31.2 Å². The van der Waals surface area contributed by atoms with Crippen LogP contribution in [0.1, 0.15) is 18.1 Å². The number of benzene rings is 2. The first-order valence-electron chi connectivity index (χ1n) is 5.67. The van der Waals surface area contributed by atoms with Gasteiger partial charge >= 0.3 is 0 Å². The molecule has 1 N–H and O–H groups in total. The van der Waals surface area contributed by atoms with Crippen LogP contribution in [-0.4, -0.2) is 5.11 Å². The minimum absolute atomic E-state index is 0.0373. The van der Waals surface area contributed by atoms with Crippen molar-refractivity contribution in [3.63, 3.8) is 0 Å². The molecule has 2 aromatic rings. The SMILES string of the molecule is CC(O)(c1cc(F)c(Cl)cc1Cl)c1c(F)ccc(Br)c1F. The van der Waals surface area contributed by atoms with Crippen LogP contribution in [-0.2, 0) is 5.60 Å². The van der Waals surface area contributed by atoms with Crippen molar-refractivity contribution in [2.75, 3.05) is 0 Å². The van der Waals surface area contributed by atoms with E-state index < -0.39 is 28.6 Å². The van der Waals surface area contributed by atoms with Crippen molar-refractivity contribution >= 4 is 39.1 Å². The highest BCUT2D eigenvalue weighted by Crippen LogP contribution is 2.39. The molecule has 1 unspecified atom stereocenters. The van der Waals surface area contributed by atoms with Crippen LogP contribution < -0.4 is 0 Å². The van der Waals surface area contributed by atoms with Crippen LogP contribution in [0.5, 0.6) is 0 Å². The van der Waals surface area contributed by atoms with E-state index in [0.29, 0.717) is 0 Å². The van der Waals surface area contributed by atoms with Gasteiger partial charge in [-0.1, -0.05) is 23.2 Å². The van der Waals surface area contributed by atoms with Gasteiger partial charge in [-0.15, -0.1) is 0 Å². The predicted octanol–water partition coefficient (Wildman–Crippen LogP) is 5.43. The fourth-order valence-corrected chi connectivity index (χ4v) is 2.90. The molecule has 2 aromatic carbocycles. The monoisotopic (exact) mass is 398 g/mol. The minimum atomic E-state index is -2.18. The largest absolute Gasteiger partial charge is 0.380 e. The van der Waals surface area contributed by atoms with Crippen molar-refractivity contribution in [3.8, 4) is 0 Å². The van der Waals surface area contributed by atoms with E-state index in [1.807, 2.05) is 0 Å². The minimum Gasteiger partial charge on any atom is -0.380 e. The second-order valence-electron chi connectivity index (χ2n) is 4.54. The quantitative estimate of drug-likeness (QED) is 0.667. The molecular formula is C14H8BrCl2F3O. The maximum atomic E-state index is 14.1. The van der Waals surface area contributed by atoms with Crippen molar-refractivity contribution in [2.24, 2.45) is 0 Å². The molecule has 21 heavy (non-hydrogen) atoms. The standard InChI is InChI=1S/C14H8BrCl2F3O/c1-14(21,6-4-11(19)9(17)5-8(6)16)12-10(18)3-2-7(15)13(12)20/h2-5,21H,1H3. The Morgan fingerprint density at radius 3 is 2.29 bits per heavy atom. The summed E-state index contributed by atoms with van der Waals surface area (Å²) in [5, 5.41) is 10.2. The third-order valence-corrected chi connectivity index (χ3v) is 4.28. The summed E-state index contributed by atoms with van der Waals surface area (Å²) in [4.78, 5) is 0. The molecular weight excluding hydrogens is 392 g/mol. The normalized spacial score (nSPS) is 14.1. The number of aliphatic hydroxyl groups is 1. The van der Waals surface area contributed by atoms with Crippen molar-refractivity contribution in [1.29, 1.82) is 0 Å². The molecule has 0 aliphatic rings. The zero-order chi connectivity index (χ0) is 15.9. The topological polar surface area (TPSA) is 20.2 Å². The third-order valence-electron chi connectivity index (χ3n) is 3.07. The molecule has 0 bridgehead atoms. The molecule has 1 atom stereocenters. The van der Waals surface area contributed by atoms with Gasteiger partial charge in [0, 0.05) is 10.6 Å². The maximum Gasteiger partial charge on any atom is 0.146 e. The van der Waals surface area contributed by atoms with Crippen LogP contribution in [0.2, 0.25) is 10.0 Å². The summed E-state index contributed by atoms with van der Waals surface area (Å²) in [7, 11) is 0. The Hall–Kier alpha value is -0.750. The highest BCUT2D eigenvalue weighted by atomic mass is 79.9. The number of hydrogen-bond donors (Lipinski definition) is 1. The Balaban J connectivity index is 2.74. The van der Waals surface area contributed by atoms with Gasteiger partial charge in [0.15, 0.2) is 0 Å². The highest BCUT2D eigenvalue weighted by Gasteiger charge is 2.35.